The molecule has 338 valence electrons. The lowest BCUT2D eigenvalue weighted by Crippen LogP contribution is -2.08. The Morgan fingerprint density at radius 1 is 0.323 bits per heavy atom. The number of rotatable bonds is 0. The predicted octanol–water partition coefficient (Wildman–Crippen LogP) is 21.1. The highest BCUT2D eigenvalue weighted by Gasteiger charge is 2.22. The summed E-state index contributed by atoms with van der Waals surface area (Å²) in [6.45, 7) is 30.5. The highest BCUT2D eigenvalue weighted by atomic mass is 14.3. The molecule has 0 saturated carbocycles. The molecule has 0 bridgehead atoms. The van der Waals surface area contributed by atoms with E-state index < -0.39 is 0 Å². The molecule has 0 heterocycles. The molecule has 11 rings (SSSR count). The van der Waals surface area contributed by atoms with Crippen LogP contribution in [0.2, 0.25) is 0 Å². The van der Waals surface area contributed by atoms with E-state index in [0.717, 1.165) is 6.42 Å². The van der Waals surface area contributed by atoms with Crippen molar-refractivity contribution in [2.45, 2.75) is 116 Å². The van der Waals surface area contributed by atoms with Crippen molar-refractivity contribution < 1.29 is 0 Å². The Balaban J connectivity index is 0.000000233. The minimum absolute atomic E-state index is 0.551. The summed E-state index contributed by atoms with van der Waals surface area (Å²) in [6, 6.07) is 54.8. The first-order valence-electron chi connectivity index (χ1n) is 24.8. The second-order valence-corrected chi connectivity index (χ2v) is 14.5. The van der Waals surface area contributed by atoms with Gasteiger partial charge in [-0.3, -0.25) is 0 Å². The number of allylic oxidation sites excluding steroid dienone is 5. The molecule has 0 amide bonds. The molecule has 0 fully saturated rings. The molecule has 0 aliphatic heterocycles. The van der Waals surface area contributed by atoms with E-state index in [0.29, 0.717) is 5.92 Å². The largest absolute Gasteiger partial charge is 0.0836 e. The predicted molar refractivity (Wildman–Crippen MR) is 300 cm³/mol. The first-order chi connectivity index (χ1) is 32.0. The van der Waals surface area contributed by atoms with Crippen LogP contribution in [0.5, 0.6) is 0 Å². The molecule has 1 atom stereocenters. The number of aryl methyl sites for hydroxylation is 3. The fourth-order valence-corrected chi connectivity index (χ4v) is 8.56. The minimum Gasteiger partial charge on any atom is -0.0836 e. The molecule has 1 unspecified atom stereocenters. The molecule has 9 aromatic rings. The Hall–Kier alpha value is -6.24. The van der Waals surface area contributed by atoms with Crippen LogP contribution in [0.15, 0.2) is 182 Å². The molecule has 0 radical (unpaired) electrons. The van der Waals surface area contributed by atoms with E-state index in [-0.39, 0.29) is 0 Å². The SMILES string of the molecule is CC.CC.CC.CC.CC.CC.Cc1cccc2c1ccc1c3ccccc3ccc21.Cc1cccc2c1ccc1ccccc12.Cc1cccc2c3c(ccc12)C1CC=CC=C1C=C3. The van der Waals surface area contributed by atoms with Crippen LogP contribution in [-0.4, -0.2) is 0 Å². The fourth-order valence-electron chi connectivity index (χ4n) is 8.56. The Morgan fingerprint density at radius 2 is 0.692 bits per heavy atom. The maximum atomic E-state index is 2.33. The molecular formula is C65H78. The van der Waals surface area contributed by atoms with Gasteiger partial charge in [0.05, 0.1) is 0 Å². The van der Waals surface area contributed by atoms with Crippen molar-refractivity contribution in [2.24, 2.45) is 0 Å². The summed E-state index contributed by atoms with van der Waals surface area (Å²) < 4.78 is 0. The molecule has 2 aliphatic carbocycles. The monoisotopic (exact) mass is 859 g/mol. The van der Waals surface area contributed by atoms with Crippen LogP contribution in [0, 0.1) is 20.8 Å². The third kappa shape index (κ3) is 12.1. The average Bonchev–Trinajstić information content (AvgIpc) is 3.40. The van der Waals surface area contributed by atoms with Gasteiger partial charge in [-0.15, -0.1) is 0 Å². The van der Waals surface area contributed by atoms with Crippen LogP contribution in [0.3, 0.4) is 0 Å². The topological polar surface area (TPSA) is 0 Å². The molecule has 65 heavy (non-hydrogen) atoms. The van der Waals surface area contributed by atoms with E-state index in [1.54, 1.807) is 0 Å². The maximum absolute atomic E-state index is 2.33. The quantitative estimate of drug-likeness (QED) is 0.133. The molecule has 0 heteroatoms. The summed E-state index contributed by atoms with van der Waals surface area (Å²) in [7, 11) is 0. The van der Waals surface area contributed by atoms with Crippen molar-refractivity contribution in [3.05, 3.63) is 209 Å². The lowest BCUT2D eigenvalue weighted by molar-refractivity contribution is 0.812. The van der Waals surface area contributed by atoms with Gasteiger partial charge >= 0.3 is 0 Å². The zero-order valence-corrected chi connectivity index (χ0v) is 42.6. The van der Waals surface area contributed by atoms with Crippen molar-refractivity contribution in [1.82, 2.24) is 0 Å². The zero-order chi connectivity index (χ0) is 47.9. The highest BCUT2D eigenvalue weighted by molar-refractivity contribution is 6.17. The zero-order valence-electron chi connectivity index (χ0n) is 42.6. The van der Waals surface area contributed by atoms with E-state index in [1.165, 1.54) is 98.0 Å². The standard InChI is InChI=1S/C19H16.C19H14.C15H12.6C2H6/c2*1-13-5-4-8-17-15(13)11-12-18-16-7-3-2-6-14(16)9-10-19(17)18;1-11-5-4-8-15-13(11)10-9-12-6-2-3-7-14(12)15;6*1-2/h2-6,8-12,16H,7H2,1H3;2-12H,1H3;2-10H,1H3;6*1-2H3. The molecule has 0 nitrogen and oxygen atoms in total. The van der Waals surface area contributed by atoms with E-state index in [1.807, 2.05) is 83.1 Å². The summed E-state index contributed by atoms with van der Waals surface area (Å²) >= 11 is 0. The van der Waals surface area contributed by atoms with Crippen LogP contribution < -0.4 is 0 Å². The van der Waals surface area contributed by atoms with Gasteiger partial charge < -0.3 is 0 Å². The molecule has 0 saturated heterocycles. The van der Waals surface area contributed by atoms with Crippen LogP contribution >= 0.6 is 0 Å². The molecule has 9 aromatic carbocycles. The van der Waals surface area contributed by atoms with Gasteiger partial charge in [0, 0.05) is 5.92 Å². The number of hydrogen-bond donors (Lipinski definition) is 0. The first kappa shape index (κ1) is 53.1. The Morgan fingerprint density at radius 3 is 1.23 bits per heavy atom. The molecule has 0 spiro atoms. The third-order valence-corrected chi connectivity index (χ3v) is 11.4. The second-order valence-electron chi connectivity index (χ2n) is 14.5. The van der Waals surface area contributed by atoms with Crippen molar-refractivity contribution in [3.8, 4) is 0 Å². The molecular weight excluding hydrogens is 781 g/mol. The summed E-state index contributed by atoms with van der Waals surface area (Å²) in [6.07, 6.45) is 12.4. The van der Waals surface area contributed by atoms with Gasteiger partial charge in [-0.1, -0.05) is 265 Å². The lowest BCUT2D eigenvalue weighted by atomic mass is 9.78. The van der Waals surface area contributed by atoms with E-state index in [9.17, 15) is 0 Å². The Kier molecular flexibility index (Phi) is 22.7. The smallest absolute Gasteiger partial charge is 0.0130 e. The van der Waals surface area contributed by atoms with Crippen LogP contribution in [0.25, 0.3) is 70.7 Å². The number of fused-ring (bicyclic) bond motifs is 13. The van der Waals surface area contributed by atoms with Gasteiger partial charge in [-0.2, -0.15) is 0 Å². The summed E-state index contributed by atoms with van der Waals surface area (Å²) in [5.41, 5.74) is 8.39. The summed E-state index contributed by atoms with van der Waals surface area (Å²) in [5, 5.41) is 16.2. The van der Waals surface area contributed by atoms with Crippen LogP contribution in [-0.2, 0) is 0 Å². The van der Waals surface area contributed by atoms with Gasteiger partial charge in [-0.05, 0) is 125 Å². The lowest BCUT2D eigenvalue weighted by Gasteiger charge is -2.26. The van der Waals surface area contributed by atoms with Gasteiger partial charge in [0.2, 0.25) is 0 Å². The Labute approximate surface area is 394 Å². The minimum atomic E-state index is 0.551. The van der Waals surface area contributed by atoms with Crippen LogP contribution in [0.1, 0.15) is 123 Å². The molecule has 0 aromatic heterocycles. The molecule has 2 aliphatic rings. The third-order valence-electron chi connectivity index (χ3n) is 11.4. The van der Waals surface area contributed by atoms with Gasteiger partial charge in [0.15, 0.2) is 0 Å². The average molecular weight is 859 g/mol. The van der Waals surface area contributed by atoms with Crippen molar-refractivity contribution in [1.29, 1.82) is 0 Å². The Bertz CT molecular complexity index is 2950. The first-order valence-corrected chi connectivity index (χ1v) is 24.8. The van der Waals surface area contributed by atoms with Gasteiger partial charge in [-0.25, -0.2) is 0 Å². The number of benzene rings is 9. The van der Waals surface area contributed by atoms with E-state index >= 15 is 0 Å². The van der Waals surface area contributed by atoms with Gasteiger partial charge in [0.1, 0.15) is 0 Å². The van der Waals surface area contributed by atoms with E-state index in [2.05, 4.69) is 203 Å². The number of hydrogen-bond acceptors (Lipinski definition) is 0. The van der Waals surface area contributed by atoms with Gasteiger partial charge in [0.25, 0.3) is 0 Å². The van der Waals surface area contributed by atoms with Crippen LogP contribution in [0.4, 0.5) is 0 Å². The molecule has 0 N–H and O–H groups in total. The summed E-state index contributed by atoms with van der Waals surface area (Å²) in [4.78, 5) is 0. The van der Waals surface area contributed by atoms with Crippen molar-refractivity contribution in [3.63, 3.8) is 0 Å². The highest BCUT2D eigenvalue weighted by Crippen LogP contribution is 2.41. The summed E-state index contributed by atoms with van der Waals surface area (Å²) in [5.74, 6) is 0.551. The fraction of sp³-hybridized carbons (Fsp3) is 0.262. The normalized spacial score (nSPS) is 12.3. The van der Waals surface area contributed by atoms with Crippen molar-refractivity contribution in [2.75, 3.05) is 0 Å². The van der Waals surface area contributed by atoms with E-state index in [4.69, 9.17) is 0 Å². The maximum Gasteiger partial charge on any atom is 0.0130 e. The second kappa shape index (κ2) is 27.8. The van der Waals surface area contributed by atoms with Crippen molar-refractivity contribution >= 4 is 70.7 Å².